The lowest BCUT2D eigenvalue weighted by Gasteiger charge is -2.10. The van der Waals surface area contributed by atoms with Gasteiger partial charge in [0.1, 0.15) is 0 Å². The Morgan fingerprint density at radius 2 is 1.60 bits per heavy atom. The van der Waals surface area contributed by atoms with Crippen molar-refractivity contribution in [3.63, 3.8) is 0 Å². The molecule has 0 unspecified atom stereocenters. The molecule has 0 aromatic heterocycles. The largest absolute Gasteiger partial charge is 0.493 e. The Balaban J connectivity index is 2.42. The van der Waals surface area contributed by atoms with Crippen molar-refractivity contribution < 1.29 is 31.1 Å². The molecule has 0 aliphatic carbocycles. The van der Waals surface area contributed by atoms with Crippen LogP contribution < -0.4 is 9.47 Å². The van der Waals surface area contributed by atoms with Gasteiger partial charge in [-0.1, -0.05) is 18.2 Å². The van der Waals surface area contributed by atoms with Crippen LogP contribution in [0.1, 0.15) is 11.1 Å². The number of methoxy groups -OCH3 is 2. The summed E-state index contributed by atoms with van der Waals surface area (Å²) in [6.45, 7) is 0. The van der Waals surface area contributed by atoms with Crippen LogP contribution in [0.5, 0.6) is 11.5 Å². The van der Waals surface area contributed by atoms with E-state index < -0.39 is 21.6 Å². The SMILES string of the molecule is COc1ccc(S(=O)(=O)/C=C/c2ccccc2C(F)(F)F)cc1OC. The van der Waals surface area contributed by atoms with E-state index in [9.17, 15) is 21.6 Å². The van der Waals surface area contributed by atoms with Crippen molar-refractivity contribution >= 4 is 15.9 Å². The molecule has 2 rings (SSSR count). The fraction of sp³-hybridized carbons (Fsp3) is 0.176. The first kappa shape index (κ1) is 18.9. The minimum absolute atomic E-state index is 0.120. The molecule has 0 N–H and O–H groups in total. The van der Waals surface area contributed by atoms with Crippen LogP contribution in [0.4, 0.5) is 13.2 Å². The van der Waals surface area contributed by atoms with Gasteiger partial charge in [-0.15, -0.1) is 0 Å². The molecule has 0 spiro atoms. The first-order valence-corrected chi connectivity index (χ1v) is 8.55. The molecule has 4 nitrogen and oxygen atoms in total. The van der Waals surface area contributed by atoms with Crippen LogP contribution in [0.2, 0.25) is 0 Å². The van der Waals surface area contributed by atoms with E-state index in [0.29, 0.717) is 5.75 Å². The molecule has 0 aliphatic rings. The van der Waals surface area contributed by atoms with Crippen LogP contribution in [0, 0.1) is 0 Å². The summed E-state index contributed by atoms with van der Waals surface area (Å²) in [7, 11) is -1.21. The van der Waals surface area contributed by atoms with E-state index in [4.69, 9.17) is 9.47 Å². The molecule has 0 amide bonds. The Kier molecular flexibility index (Phi) is 5.42. The van der Waals surface area contributed by atoms with Gasteiger partial charge in [0.15, 0.2) is 21.3 Å². The second kappa shape index (κ2) is 7.18. The van der Waals surface area contributed by atoms with Crippen molar-refractivity contribution in [2.24, 2.45) is 0 Å². The third kappa shape index (κ3) is 4.33. The zero-order valence-corrected chi connectivity index (χ0v) is 14.2. The molecule has 134 valence electrons. The van der Waals surface area contributed by atoms with E-state index in [2.05, 4.69) is 0 Å². The molecule has 0 bridgehead atoms. The number of hydrogen-bond donors (Lipinski definition) is 0. The van der Waals surface area contributed by atoms with Gasteiger partial charge in [0.05, 0.1) is 24.7 Å². The lowest BCUT2D eigenvalue weighted by atomic mass is 10.1. The maximum absolute atomic E-state index is 13.0. The average Bonchev–Trinajstić information content (AvgIpc) is 2.58. The molecule has 2 aromatic rings. The Bertz CT molecular complexity index is 887. The van der Waals surface area contributed by atoms with Crippen molar-refractivity contribution in [1.82, 2.24) is 0 Å². The molecule has 0 heterocycles. The summed E-state index contributed by atoms with van der Waals surface area (Å²) in [4.78, 5) is -0.120. The monoisotopic (exact) mass is 372 g/mol. The molecule has 2 aromatic carbocycles. The van der Waals surface area contributed by atoms with Gasteiger partial charge in [-0.3, -0.25) is 0 Å². The van der Waals surface area contributed by atoms with Crippen LogP contribution >= 0.6 is 0 Å². The predicted octanol–water partition coefficient (Wildman–Crippen LogP) is 4.17. The van der Waals surface area contributed by atoms with E-state index in [1.807, 2.05) is 0 Å². The highest BCUT2D eigenvalue weighted by Crippen LogP contribution is 2.33. The Labute approximate surface area is 143 Å². The number of ether oxygens (including phenoxy) is 2. The summed E-state index contributed by atoms with van der Waals surface area (Å²) in [6.07, 6.45) is -3.65. The first-order valence-electron chi connectivity index (χ1n) is 7.00. The van der Waals surface area contributed by atoms with Crippen molar-refractivity contribution in [3.05, 3.63) is 59.0 Å². The van der Waals surface area contributed by atoms with Crippen molar-refractivity contribution in [2.75, 3.05) is 14.2 Å². The lowest BCUT2D eigenvalue weighted by molar-refractivity contribution is -0.137. The van der Waals surface area contributed by atoms with E-state index in [0.717, 1.165) is 17.6 Å². The van der Waals surface area contributed by atoms with Crippen molar-refractivity contribution in [2.45, 2.75) is 11.1 Å². The average molecular weight is 372 g/mol. The highest BCUT2D eigenvalue weighted by molar-refractivity contribution is 7.94. The molecule has 8 heteroatoms. The molecule has 25 heavy (non-hydrogen) atoms. The zero-order chi connectivity index (χ0) is 18.7. The fourth-order valence-corrected chi connectivity index (χ4v) is 3.15. The molecular weight excluding hydrogens is 357 g/mol. The molecule has 0 atom stereocenters. The molecule has 0 fully saturated rings. The van der Waals surface area contributed by atoms with Crippen LogP contribution in [-0.2, 0) is 16.0 Å². The van der Waals surface area contributed by atoms with Gasteiger partial charge in [-0.05, 0) is 29.8 Å². The maximum Gasteiger partial charge on any atom is 0.416 e. The minimum Gasteiger partial charge on any atom is -0.493 e. The summed E-state index contributed by atoms with van der Waals surface area (Å²) in [5, 5.41) is 0.735. The van der Waals surface area contributed by atoms with Gasteiger partial charge in [0.2, 0.25) is 0 Å². The number of halogens is 3. The van der Waals surface area contributed by atoms with Crippen LogP contribution in [0.25, 0.3) is 6.08 Å². The standard InChI is InChI=1S/C17H15F3O4S/c1-23-15-8-7-13(11-16(15)24-2)25(21,22)10-9-12-5-3-4-6-14(12)17(18,19)20/h3-11H,1-2H3/b10-9+. The second-order valence-electron chi connectivity index (χ2n) is 4.95. The molecular formula is C17H15F3O4S. The number of benzene rings is 2. The lowest BCUT2D eigenvalue weighted by Crippen LogP contribution is -2.07. The third-order valence-corrected chi connectivity index (χ3v) is 4.78. The van der Waals surface area contributed by atoms with Gasteiger partial charge in [0, 0.05) is 11.5 Å². The fourth-order valence-electron chi connectivity index (χ4n) is 2.14. The first-order chi connectivity index (χ1) is 11.7. The number of rotatable bonds is 5. The summed E-state index contributed by atoms with van der Waals surface area (Å²) >= 11 is 0. The van der Waals surface area contributed by atoms with Crippen LogP contribution in [0.3, 0.4) is 0 Å². The van der Waals surface area contributed by atoms with Gasteiger partial charge >= 0.3 is 6.18 Å². The van der Waals surface area contributed by atoms with E-state index in [-0.39, 0.29) is 16.2 Å². The molecule has 0 radical (unpaired) electrons. The van der Waals surface area contributed by atoms with E-state index in [1.165, 1.54) is 50.6 Å². The van der Waals surface area contributed by atoms with E-state index in [1.54, 1.807) is 0 Å². The Hall–Kier alpha value is -2.48. The van der Waals surface area contributed by atoms with Crippen molar-refractivity contribution in [1.29, 1.82) is 0 Å². The van der Waals surface area contributed by atoms with Crippen molar-refractivity contribution in [3.8, 4) is 11.5 Å². The van der Waals surface area contributed by atoms with E-state index >= 15 is 0 Å². The quantitative estimate of drug-likeness (QED) is 0.791. The smallest absolute Gasteiger partial charge is 0.416 e. The minimum atomic E-state index is -4.58. The predicted molar refractivity (Wildman–Crippen MR) is 87.2 cm³/mol. The Morgan fingerprint density at radius 1 is 0.960 bits per heavy atom. The number of sulfone groups is 1. The Morgan fingerprint density at radius 3 is 2.20 bits per heavy atom. The van der Waals surface area contributed by atoms with Gasteiger partial charge in [-0.2, -0.15) is 13.2 Å². The number of hydrogen-bond acceptors (Lipinski definition) is 4. The highest BCUT2D eigenvalue weighted by Gasteiger charge is 2.32. The zero-order valence-electron chi connectivity index (χ0n) is 13.4. The van der Waals surface area contributed by atoms with Crippen LogP contribution in [0.15, 0.2) is 52.8 Å². The van der Waals surface area contributed by atoms with Gasteiger partial charge in [-0.25, -0.2) is 8.42 Å². The molecule has 0 saturated heterocycles. The maximum atomic E-state index is 13.0. The van der Waals surface area contributed by atoms with Gasteiger partial charge in [0.25, 0.3) is 0 Å². The third-order valence-electron chi connectivity index (χ3n) is 3.38. The highest BCUT2D eigenvalue weighted by atomic mass is 32.2. The topological polar surface area (TPSA) is 52.6 Å². The number of alkyl halides is 3. The van der Waals surface area contributed by atoms with Crippen LogP contribution in [-0.4, -0.2) is 22.6 Å². The second-order valence-corrected chi connectivity index (χ2v) is 6.78. The summed E-state index contributed by atoms with van der Waals surface area (Å²) in [6, 6.07) is 8.67. The van der Waals surface area contributed by atoms with Gasteiger partial charge < -0.3 is 9.47 Å². The summed E-state index contributed by atoms with van der Waals surface area (Å²) in [5.41, 5.74) is -1.15. The molecule has 0 saturated carbocycles. The molecule has 0 aliphatic heterocycles. The normalized spacial score (nSPS) is 12.4. The summed E-state index contributed by atoms with van der Waals surface area (Å²) < 4.78 is 73.7. The summed E-state index contributed by atoms with van der Waals surface area (Å²) in [5.74, 6) is 0.542.